The van der Waals surface area contributed by atoms with E-state index in [9.17, 15) is 9.59 Å². The summed E-state index contributed by atoms with van der Waals surface area (Å²) in [6.07, 6.45) is 5.46. The predicted octanol–water partition coefficient (Wildman–Crippen LogP) is 4.49. The van der Waals surface area contributed by atoms with Crippen LogP contribution in [0.15, 0.2) is 35.7 Å². The van der Waals surface area contributed by atoms with Crippen molar-refractivity contribution in [3.63, 3.8) is 0 Å². The molecule has 0 radical (unpaired) electrons. The minimum Gasteiger partial charge on any atom is -0.338 e. The standard InChI is InChI=1S/C22H26N2O2S/c1-2-20(25)24-12-9-16-7-8-18(14-17(16)15-24)23-21(26)22(10-3-4-11-22)19-6-5-13-27-19/h5-8,13-14H,2-4,9-12,15H2,1H3,(H,23,26). The first-order valence-corrected chi connectivity index (χ1v) is 10.8. The summed E-state index contributed by atoms with van der Waals surface area (Å²) in [7, 11) is 0. The van der Waals surface area contributed by atoms with Crippen molar-refractivity contribution in [1.82, 2.24) is 4.90 Å². The zero-order valence-electron chi connectivity index (χ0n) is 15.8. The van der Waals surface area contributed by atoms with Crippen molar-refractivity contribution >= 4 is 28.8 Å². The lowest BCUT2D eigenvalue weighted by Gasteiger charge is -2.30. The van der Waals surface area contributed by atoms with Crippen molar-refractivity contribution in [2.75, 3.05) is 11.9 Å². The van der Waals surface area contributed by atoms with Gasteiger partial charge in [-0.1, -0.05) is 31.9 Å². The van der Waals surface area contributed by atoms with Gasteiger partial charge in [-0.05, 0) is 54.0 Å². The molecule has 1 aromatic carbocycles. The highest BCUT2D eigenvalue weighted by Gasteiger charge is 2.43. The summed E-state index contributed by atoms with van der Waals surface area (Å²) in [5.74, 6) is 0.303. The number of benzene rings is 1. The Hall–Kier alpha value is -2.14. The largest absolute Gasteiger partial charge is 0.338 e. The molecule has 1 aliphatic carbocycles. The molecular weight excluding hydrogens is 356 g/mol. The zero-order valence-corrected chi connectivity index (χ0v) is 16.6. The third-order valence-corrected chi connectivity index (χ3v) is 7.09. The average Bonchev–Trinajstić information content (AvgIpc) is 3.39. The zero-order chi connectivity index (χ0) is 18.9. The van der Waals surface area contributed by atoms with E-state index in [-0.39, 0.29) is 17.2 Å². The third-order valence-electron chi connectivity index (χ3n) is 6.02. The molecule has 1 fully saturated rings. The van der Waals surface area contributed by atoms with Gasteiger partial charge in [0.25, 0.3) is 0 Å². The molecule has 2 aromatic rings. The Morgan fingerprint density at radius 2 is 2.00 bits per heavy atom. The number of carbonyl (C=O) groups is 2. The van der Waals surface area contributed by atoms with E-state index in [0.29, 0.717) is 13.0 Å². The highest BCUT2D eigenvalue weighted by atomic mass is 32.1. The molecule has 2 amide bonds. The summed E-state index contributed by atoms with van der Waals surface area (Å²) >= 11 is 1.68. The van der Waals surface area contributed by atoms with Crippen LogP contribution in [0.1, 0.15) is 55.0 Å². The number of carbonyl (C=O) groups excluding carboxylic acids is 2. The highest BCUT2D eigenvalue weighted by Crippen LogP contribution is 2.44. The summed E-state index contributed by atoms with van der Waals surface area (Å²) in [5, 5.41) is 5.24. The van der Waals surface area contributed by atoms with E-state index in [1.807, 2.05) is 24.0 Å². The Morgan fingerprint density at radius 1 is 1.19 bits per heavy atom. The van der Waals surface area contributed by atoms with Crippen LogP contribution in [-0.2, 0) is 28.0 Å². The van der Waals surface area contributed by atoms with E-state index < -0.39 is 0 Å². The molecule has 0 saturated heterocycles. The van der Waals surface area contributed by atoms with Gasteiger partial charge in [0.05, 0.1) is 5.41 Å². The summed E-state index contributed by atoms with van der Waals surface area (Å²) in [6.45, 7) is 3.33. The van der Waals surface area contributed by atoms with Crippen molar-refractivity contribution in [2.24, 2.45) is 0 Å². The number of nitrogens with zero attached hydrogens (tertiary/aromatic N) is 1. The summed E-state index contributed by atoms with van der Waals surface area (Å²) in [5.41, 5.74) is 2.89. The first kappa shape index (κ1) is 18.2. The molecule has 1 aliphatic heterocycles. The second-order valence-corrected chi connectivity index (χ2v) is 8.57. The molecule has 2 aliphatic rings. The van der Waals surface area contributed by atoms with Crippen LogP contribution in [0, 0.1) is 0 Å². The molecule has 0 atom stereocenters. The van der Waals surface area contributed by atoms with Gasteiger partial charge in [0, 0.05) is 30.1 Å². The molecule has 142 valence electrons. The Balaban J connectivity index is 1.55. The number of anilines is 1. The van der Waals surface area contributed by atoms with Crippen molar-refractivity contribution in [1.29, 1.82) is 0 Å². The number of nitrogens with one attached hydrogen (secondary N) is 1. The van der Waals surface area contributed by atoms with Gasteiger partial charge in [0.2, 0.25) is 11.8 Å². The van der Waals surface area contributed by atoms with Crippen molar-refractivity contribution in [3.8, 4) is 0 Å². The van der Waals surface area contributed by atoms with Crippen LogP contribution < -0.4 is 5.32 Å². The Morgan fingerprint density at radius 3 is 2.70 bits per heavy atom. The fourth-order valence-electron chi connectivity index (χ4n) is 4.44. The molecular formula is C22H26N2O2S. The van der Waals surface area contributed by atoms with Gasteiger partial charge < -0.3 is 10.2 Å². The second kappa shape index (κ2) is 7.47. The lowest BCUT2D eigenvalue weighted by molar-refractivity contribution is -0.131. The molecule has 5 heteroatoms. The van der Waals surface area contributed by atoms with Gasteiger partial charge in [0.15, 0.2) is 0 Å². The van der Waals surface area contributed by atoms with Gasteiger partial charge in [0.1, 0.15) is 0 Å². The van der Waals surface area contributed by atoms with E-state index in [1.54, 1.807) is 11.3 Å². The number of amides is 2. The normalized spacial score (nSPS) is 18.2. The van der Waals surface area contributed by atoms with Crippen molar-refractivity contribution in [3.05, 3.63) is 51.7 Å². The SMILES string of the molecule is CCC(=O)N1CCc2ccc(NC(=O)C3(c4cccs4)CCCC3)cc2C1. The number of hydrogen-bond acceptors (Lipinski definition) is 3. The van der Waals surface area contributed by atoms with E-state index in [4.69, 9.17) is 0 Å². The molecule has 2 heterocycles. The second-order valence-electron chi connectivity index (χ2n) is 7.62. The van der Waals surface area contributed by atoms with Gasteiger partial charge in [-0.2, -0.15) is 0 Å². The maximum absolute atomic E-state index is 13.3. The first-order valence-electron chi connectivity index (χ1n) is 9.87. The van der Waals surface area contributed by atoms with Crippen LogP contribution in [0.2, 0.25) is 0 Å². The summed E-state index contributed by atoms with van der Waals surface area (Å²) in [6, 6.07) is 10.3. The molecule has 1 N–H and O–H groups in total. The monoisotopic (exact) mass is 382 g/mol. The Labute approximate surface area is 164 Å². The van der Waals surface area contributed by atoms with Crippen LogP contribution in [0.4, 0.5) is 5.69 Å². The summed E-state index contributed by atoms with van der Waals surface area (Å²) in [4.78, 5) is 28.4. The van der Waals surface area contributed by atoms with Gasteiger partial charge in [-0.25, -0.2) is 0 Å². The van der Waals surface area contributed by atoms with E-state index in [2.05, 4.69) is 28.9 Å². The molecule has 4 nitrogen and oxygen atoms in total. The van der Waals surface area contributed by atoms with Crippen LogP contribution in [-0.4, -0.2) is 23.3 Å². The van der Waals surface area contributed by atoms with Crippen LogP contribution >= 0.6 is 11.3 Å². The quantitative estimate of drug-likeness (QED) is 0.847. The molecule has 27 heavy (non-hydrogen) atoms. The number of thiophene rings is 1. The van der Waals surface area contributed by atoms with Crippen LogP contribution in [0.5, 0.6) is 0 Å². The average molecular weight is 383 g/mol. The fourth-order valence-corrected chi connectivity index (χ4v) is 5.42. The van der Waals surface area contributed by atoms with E-state index in [1.165, 1.54) is 10.4 Å². The fraction of sp³-hybridized carbons (Fsp3) is 0.455. The van der Waals surface area contributed by atoms with Crippen LogP contribution in [0.25, 0.3) is 0 Å². The smallest absolute Gasteiger partial charge is 0.235 e. The molecule has 1 saturated carbocycles. The Bertz CT molecular complexity index is 838. The van der Waals surface area contributed by atoms with Gasteiger partial charge >= 0.3 is 0 Å². The van der Waals surface area contributed by atoms with Crippen molar-refractivity contribution < 1.29 is 9.59 Å². The Kier molecular flexibility index (Phi) is 5.04. The number of rotatable bonds is 4. The summed E-state index contributed by atoms with van der Waals surface area (Å²) < 4.78 is 0. The third kappa shape index (κ3) is 3.41. The molecule has 4 rings (SSSR count). The highest BCUT2D eigenvalue weighted by molar-refractivity contribution is 7.10. The lowest BCUT2D eigenvalue weighted by Crippen LogP contribution is -2.37. The first-order chi connectivity index (χ1) is 13.1. The lowest BCUT2D eigenvalue weighted by atomic mass is 9.83. The minimum atomic E-state index is -0.381. The van der Waals surface area contributed by atoms with Gasteiger partial charge in [-0.15, -0.1) is 11.3 Å². The molecule has 1 aromatic heterocycles. The number of fused-ring (bicyclic) bond motifs is 1. The van der Waals surface area contributed by atoms with Crippen molar-refractivity contribution in [2.45, 2.75) is 57.4 Å². The minimum absolute atomic E-state index is 0.111. The van der Waals surface area contributed by atoms with E-state index >= 15 is 0 Å². The molecule has 0 spiro atoms. The maximum atomic E-state index is 13.3. The van der Waals surface area contributed by atoms with Crippen LogP contribution in [0.3, 0.4) is 0 Å². The molecule has 0 unspecified atom stereocenters. The van der Waals surface area contributed by atoms with E-state index in [0.717, 1.165) is 49.9 Å². The maximum Gasteiger partial charge on any atom is 0.235 e. The van der Waals surface area contributed by atoms with Gasteiger partial charge in [-0.3, -0.25) is 9.59 Å². The number of hydrogen-bond donors (Lipinski definition) is 1. The molecule has 0 bridgehead atoms. The predicted molar refractivity (Wildman–Crippen MR) is 109 cm³/mol. The topological polar surface area (TPSA) is 49.4 Å².